The Bertz CT molecular complexity index is 405. The molecule has 0 fully saturated rings. The van der Waals surface area contributed by atoms with Crippen molar-refractivity contribution >= 4 is 25.5 Å². The average molecular weight is 302 g/mol. The van der Waals surface area contributed by atoms with Gasteiger partial charge in [0.25, 0.3) is 0 Å². The van der Waals surface area contributed by atoms with Crippen LogP contribution in [0.2, 0.25) is 6.32 Å². The summed E-state index contributed by atoms with van der Waals surface area (Å²) in [6, 6.07) is 9.26. The van der Waals surface area contributed by atoms with E-state index in [0.29, 0.717) is 19.3 Å². The zero-order chi connectivity index (χ0) is 14.3. The Kier molecular flexibility index (Phi) is 8.49. The van der Waals surface area contributed by atoms with Gasteiger partial charge < -0.3 is 20.9 Å². The van der Waals surface area contributed by atoms with Crippen LogP contribution in [0.5, 0.6) is 0 Å². The van der Waals surface area contributed by atoms with Gasteiger partial charge in [-0.3, -0.25) is 4.79 Å². The Labute approximate surface area is 125 Å². The molecule has 5 nitrogen and oxygen atoms in total. The second kappa shape index (κ2) is 8.97. The monoisotopic (exact) mass is 301 g/mol. The fourth-order valence-electron chi connectivity index (χ4n) is 2.00. The van der Waals surface area contributed by atoms with Crippen molar-refractivity contribution in [1.82, 2.24) is 0 Å². The van der Waals surface area contributed by atoms with Crippen LogP contribution in [-0.2, 0) is 11.2 Å². The van der Waals surface area contributed by atoms with Gasteiger partial charge in [-0.2, -0.15) is 0 Å². The molecule has 5 N–H and O–H groups in total. The minimum atomic E-state index is -1.34. The van der Waals surface area contributed by atoms with Crippen LogP contribution in [0, 0.1) is 0 Å². The van der Waals surface area contributed by atoms with Gasteiger partial charge in [-0.15, -0.1) is 12.4 Å². The molecule has 1 rings (SSSR count). The third-order valence-electron chi connectivity index (χ3n) is 3.12. The number of carboxylic acids is 1. The van der Waals surface area contributed by atoms with E-state index >= 15 is 0 Å². The van der Waals surface area contributed by atoms with E-state index in [1.165, 1.54) is 0 Å². The predicted octanol–water partition coefficient (Wildman–Crippen LogP) is 1.08. The summed E-state index contributed by atoms with van der Waals surface area (Å²) in [5, 5.41) is 26.7. The Morgan fingerprint density at radius 3 is 2.30 bits per heavy atom. The van der Waals surface area contributed by atoms with Crippen molar-refractivity contribution in [2.45, 2.75) is 37.5 Å². The van der Waals surface area contributed by atoms with Crippen LogP contribution in [0.3, 0.4) is 0 Å². The minimum absolute atomic E-state index is 0. The van der Waals surface area contributed by atoms with E-state index in [1.807, 2.05) is 30.3 Å². The van der Waals surface area contributed by atoms with E-state index in [2.05, 4.69) is 0 Å². The van der Waals surface area contributed by atoms with Gasteiger partial charge in [0, 0.05) is 6.42 Å². The van der Waals surface area contributed by atoms with Crippen LogP contribution in [-0.4, -0.2) is 33.8 Å². The lowest BCUT2D eigenvalue weighted by atomic mass is 9.81. The maximum atomic E-state index is 11.3. The molecule has 1 atom stereocenters. The second-order valence-corrected chi connectivity index (χ2v) is 4.85. The molecule has 0 saturated carbocycles. The molecule has 7 heteroatoms. The summed E-state index contributed by atoms with van der Waals surface area (Å²) in [6.45, 7) is 0. The number of aliphatic carboxylic acids is 1. The first-order valence-electron chi connectivity index (χ1n) is 6.36. The summed E-state index contributed by atoms with van der Waals surface area (Å²) in [4.78, 5) is 11.3. The second-order valence-electron chi connectivity index (χ2n) is 4.85. The van der Waals surface area contributed by atoms with E-state index in [4.69, 9.17) is 15.8 Å². The van der Waals surface area contributed by atoms with E-state index in [0.717, 1.165) is 5.56 Å². The molecule has 0 saturated heterocycles. The number of hydrogen-bond acceptors (Lipinski definition) is 4. The molecule has 0 heterocycles. The van der Waals surface area contributed by atoms with Gasteiger partial charge in [-0.25, -0.2) is 0 Å². The fraction of sp³-hybridized carbons (Fsp3) is 0.462. The third-order valence-corrected chi connectivity index (χ3v) is 3.12. The Morgan fingerprint density at radius 1 is 1.20 bits per heavy atom. The van der Waals surface area contributed by atoms with Crippen LogP contribution in [0.1, 0.15) is 24.8 Å². The summed E-state index contributed by atoms with van der Waals surface area (Å²) >= 11 is 0. The summed E-state index contributed by atoms with van der Waals surface area (Å²) in [5.41, 5.74) is 5.55. The lowest BCUT2D eigenvalue weighted by Gasteiger charge is -2.24. The Morgan fingerprint density at radius 2 is 1.80 bits per heavy atom. The van der Waals surface area contributed by atoms with Crippen LogP contribution in [0.25, 0.3) is 0 Å². The summed E-state index contributed by atoms with van der Waals surface area (Å²) in [5.74, 6) is -1.03. The maximum absolute atomic E-state index is 11.3. The van der Waals surface area contributed by atoms with Crippen LogP contribution < -0.4 is 5.73 Å². The zero-order valence-electron chi connectivity index (χ0n) is 11.2. The van der Waals surface area contributed by atoms with Gasteiger partial charge in [0.15, 0.2) is 0 Å². The van der Waals surface area contributed by atoms with Crippen molar-refractivity contribution in [2.75, 3.05) is 0 Å². The smallest absolute Gasteiger partial charge is 0.451 e. The molecule has 20 heavy (non-hydrogen) atoms. The van der Waals surface area contributed by atoms with Crippen molar-refractivity contribution in [3.8, 4) is 0 Å². The van der Waals surface area contributed by atoms with Gasteiger partial charge in [-0.1, -0.05) is 43.2 Å². The van der Waals surface area contributed by atoms with Gasteiger partial charge in [0.05, 0.1) is 0 Å². The average Bonchev–Trinajstić information content (AvgIpc) is 2.35. The number of rotatable bonds is 8. The standard InChI is InChI=1S/C13H20BNO4.ClH/c15-13(12(16)17,8-4-5-9-14(18)19)10-11-6-2-1-3-7-11;/h1-3,6-7,18-19H,4-5,8-10,15H2,(H,16,17);1H. The number of carboxylic acid groups (broad SMARTS) is 1. The topological polar surface area (TPSA) is 104 Å². The van der Waals surface area contributed by atoms with Crippen molar-refractivity contribution in [3.05, 3.63) is 35.9 Å². The van der Waals surface area contributed by atoms with E-state index < -0.39 is 18.6 Å². The SMILES string of the molecule is Cl.NC(CCCCB(O)O)(Cc1ccccc1)C(=O)O. The van der Waals surface area contributed by atoms with Crippen molar-refractivity contribution in [2.24, 2.45) is 5.73 Å². The highest BCUT2D eigenvalue weighted by Gasteiger charge is 2.33. The van der Waals surface area contributed by atoms with Gasteiger partial charge in [0.1, 0.15) is 5.54 Å². The third kappa shape index (κ3) is 6.39. The van der Waals surface area contributed by atoms with E-state index in [9.17, 15) is 9.90 Å². The number of nitrogens with two attached hydrogens (primary N) is 1. The number of benzene rings is 1. The molecule has 0 bridgehead atoms. The van der Waals surface area contributed by atoms with Crippen molar-refractivity contribution in [1.29, 1.82) is 0 Å². The zero-order valence-corrected chi connectivity index (χ0v) is 12.1. The van der Waals surface area contributed by atoms with E-state index in [-0.39, 0.29) is 25.1 Å². The molecule has 0 aliphatic carbocycles. The predicted molar refractivity (Wildman–Crippen MR) is 80.8 cm³/mol. The number of unbranched alkanes of at least 4 members (excludes halogenated alkanes) is 1. The highest BCUT2D eigenvalue weighted by atomic mass is 35.5. The molecule has 0 aliphatic heterocycles. The quantitative estimate of drug-likeness (QED) is 0.425. The number of carbonyl (C=O) groups is 1. The molecule has 0 aliphatic rings. The Hall–Kier alpha value is -1.08. The molecule has 1 unspecified atom stereocenters. The summed E-state index contributed by atoms with van der Waals surface area (Å²) in [6.07, 6.45) is 1.90. The molecule has 0 spiro atoms. The van der Waals surface area contributed by atoms with Gasteiger partial charge >= 0.3 is 13.1 Å². The molecular formula is C13H21BClNO4. The number of hydrogen-bond donors (Lipinski definition) is 4. The van der Waals surface area contributed by atoms with Crippen molar-refractivity contribution in [3.63, 3.8) is 0 Å². The Balaban J connectivity index is 0.00000361. The lowest BCUT2D eigenvalue weighted by molar-refractivity contribution is -0.143. The molecule has 112 valence electrons. The lowest BCUT2D eigenvalue weighted by Crippen LogP contribution is -2.49. The largest absolute Gasteiger partial charge is 0.480 e. The van der Waals surface area contributed by atoms with Crippen molar-refractivity contribution < 1.29 is 19.9 Å². The van der Waals surface area contributed by atoms with Crippen LogP contribution in [0.4, 0.5) is 0 Å². The first-order chi connectivity index (χ1) is 8.94. The minimum Gasteiger partial charge on any atom is -0.480 e. The fourth-order valence-corrected chi connectivity index (χ4v) is 2.00. The highest BCUT2D eigenvalue weighted by molar-refractivity contribution is 6.40. The van der Waals surface area contributed by atoms with Gasteiger partial charge in [0.2, 0.25) is 0 Å². The summed E-state index contributed by atoms with van der Waals surface area (Å²) in [7, 11) is -1.34. The van der Waals surface area contributed by atoms with E-state index in [1.54, 1.807) is 0 Å². The highest BCUT2D eigenvalue weighted by Crippen LogP contribution is 2.19. The molecule has 0 amide bonds. The first-order valence-corrected chi connectivity index (χ1v) is 6.36. The number of halogens is 1. The van der Waals surface area contributed by atoms with Gasteiger partial charge in [-0.05, 0) is 18.3 Å². The maximum Gasteiger partial charge on any atom is 0.451 e. The van der Waals surface area contributed by atoms with Crippen LogP contribution >= 0.6 is 12.4 Å². The molecule has 0 radical (unpaired) electrons. The molecule has 0 aromatic heterocycles. The molecule has 1 aromatic rings. The molecule has 1 aromatic carbocycles. The first kappa shape index (κ1) is 18.9. The summed E-state index contributed by atoms with van der Waals surface area (Å²) < 4.78 is 0. The molecular weight excluding hydrogens is 280 g/mol. The van der Waals surface area contributed by atoms with Crippen LogP contribution in [0.15, 0.2) is 30.3 Å². The normalized spacial score (nSPS) is 13.2.